The largest absolute Gasteiger partial charge is 0.490 e. The Labute approximate surface area is 204 Å². The maximum absolute atomic E-state index is 13.1. The van der Waals surface area contributed by atoms with Crippen molar-refractivity contribution >= 4 is 46.4 Å². The van der Waals surface area contributed by atoms with Crippen LogP contribution in [0.4, 0.5) is 5.69 Å². The van der Waals surface area contributed by atoms with Crippen LogP contribution in [0.5, 0.6) is 11.5 Å². The highest BCUT2D eigenvalue weighted by Crippen LogP contribution is 2.39. The molecule has 3 aromatic carbocycles. The lowest BCUT2D eigenvalue weighted by molar-refractivity contribution is -0.113. The molecule has 0 saturated heterocycles. The van der Waals surface area contributed by atoms with Gasteiger partial charge in [-0.05, 0) is 55.3 Å². The lowest BCUT2D eigenvalue weighted by atomic mass is 10.0. The van der Waals surface area contributed by atoms with Gasteiger partial charge in [-0.25, -0.2) is 0 Å². The number of carbonyl (C=O) groups excluding carboxylic acids is 1. The van der Waals surface area contributed by atoms with Crippen molar-refractivity contribution in [1.29, 1.82) is 0 Å². The first-order valence-electron chi connectivity index (χ1n) is 11.0. The SMILES string of the molecule is CCCN1C(=O)/C(=C\c2ccc(OCc3ccc(Cl)cc3Cl)c(OCC)c2)c2ccccc21. The predicted molar refractivity (Wildman–Crippen MR) is 135 cm³/mol. The van der Waals surface area contributed by atoms with Crippen LogP contribution in [0.15, 0.2) is 60.7 Å². The van der Waals surface area contributed by atoms with Crippen LogP contribution in [-0.4, -0.2) is 19.1 Å². The molecule has 0 saturated carbocycles. The highest BCUT2D eigenvalue weighted by Gasteiger charge is 2.31. The van der Waals surface area contributed by atoms with E-state index in [0.29, 0.717) is 40.3 Å². The van der Waals surface area contributed by atoms with Gasteiger partial charge in [0.2, 0.25) is 0 Å². The van der Waals surface area contributed by atoms with Gasteiger partial charge in [0.1, 0.15) is 6.61 Å². The van der Waals surface area contributed by atoms with Gasteiger partial charge in [0.15, 0.2) is 11.5 Å². The number of fused-ring (bicyclic) bond motifs is 1. The van der Waals surface area contributed by atoms with Crippen molar-refractivity contribution in [2.24, 2.45) is 0 Å². The van der Waals surface area contributed by atoms with Gasteiger partial charge >= 0.3 is 0 Å². The molecule has 1 amide bonds. The van der Waals surface area contributed by atoms with E-state index in [1.165, 1.54) is 0 Å². The monoisotopic (exact) mass is 481 g/mol. The number of hydrogen-bond donors (Lipinski definition) is 0. The average molecular weight is 482 g/mol. The number of rotatable bonds is 8. The molecule has 1 heterocycles. The van der Waals surface area contributed by atoms with Crippen LogP contribution in [0.2, 0.25) is 10.0 Å². The highest BCUT2D eigenvalue weighted by atomic mass is 35.5. The van der Waals surface area contributed by atoms with Gasteiger partial charge in [-0.3, -0.25) is 4.79 Å². The summed E-state index contributed by atoms with van der Waals surface area (Å²) < 4.78 is 11.8. The zero-order valence-corrected chi connectivity index (χ0v) is 20.1. The summed E-state index contributed by atoms with van der Waals surface area (Å²) in [6, 6.07) is 18.9. The number of nitrogens with zero attached hydrogens (tertiary/aromatic N) is 1. The van der Waals surface area contributed by atoms with E-state index in [1.54, 1.807) is 12.1 Å². The predicted octanol–water partition coefficient (Wildman–Crippen LogP) is 7.27. The summed E-state index contributed by atoms with van der Waals surface area (Å²) in [4.78, 5) is 15.0. The van der Waals surface area contributed by atoms with Crippen molar-refractivity contribution in [3.8, 4) is 11.5 Å². The first-order chi connectivity index (χ1) is 16.0. The Morgan fingerprint density at radius 1 is 0.939 bits per heavy atom. The van der Waals surface area contributed by atoms with E-state index in [2.05, 4.69) is 6.92 Å². The molecule has 4 nitrogen and oxygen atoms in total. The van der Waals surface area contributed by atoms with Gasteiger partial charge in [0.05, 0.1) is 12.3 Å². The number of halogens is 2. The number of carbonyl (C=O) groups is 1. The van der Waals surface area contributed by atoms with Crippen LogP contribution >= 0.6 is 23.2 Å². The van der Waals surface area contributed by atoms with Crippen LogP contribution in [0.1, 0.15) is 37.0 Å². The molecular weight excluding hydrogens is 457 g/mol. The fourth-order valence-corrected chi connectivity index (χ4v) is 4.32. The molecule has 0 unspecified atom stereocenters. The van der Waals surface area contributed by atoms with E-state index in [4.69, 9.17) is 32.7 Å². The van der Waals surface area contributed by atoms with Crippen molar-refractivity contribution in [3.05, 3.63) is 87.4 Å². The molecule has 4 rings (SSSR count). The van der Waals surface area contributed by atoms with Crippen molar-refractivity contribution in [3.63, 3.8) is 0 Å². The van der Waals surface area contributed by atoms with Crippen LogP contribution in [0.25, 0.3) is 11.6 Å². The zero-order chi connectivity index (χ0) is 23.4. The number of anilines is 1. The molecule has 0 bridgehead atoms. The molecule has 0 spiro atoms. The van der Waals surface area contributed by atoms with Gasteiger partial charge in [-0.15, -0.1) is 0 Å². The Bertz CT molecular complexity index is 1210. The van der Waals surface area contributed by atoms with Crippen molar-refractivity contribution in [2.45, 2.75) is 26.9 Å². The van der Waals surface area contributed by atoms with Crippen molar-refractivity contribution in [2.75, 3.05) is 18.1 Å². The summed E-state index contributed by atoms with van der Waals surface area (Å²) in [5, 5.41) is 1.13. The maximum Gasteiger partial charge on any atom is 0.258 e. The van der Waals surface area contributed by atoms with Gasteiger partial charge < -0.3 is 14.4 Å². The summed E-state index contributed by atoms with van der Waals surface area (Å²) >= 11 is 12.2. The van der Waals surface area contributed by atoms with E-state index in [-0.39, 0.29) is 12.5 Å². The van der Waals surface area contributed by atoms with Gasteiger partial charge in [0, 0.05) is 33.3 Å². The van der Waals surface area contributed by atoms with Crippen LogP contribution in [0.3, 0.4) is 0 Å². The second kappa shape index (κ2) is 10.3. The van der Waals surface area contributed by atoms with Crippen molar-refractivity contribution < 1.29 is 14.3 Å². The minimum atomic E-state index is 0.0220. The third kappa shape index (κ3) is 5.02. The molecule has 170 valence electrons. The molecule has 0 fully saturated rings. The molecule has 3 aromatic rings. The molecule has 1 aliphatic heterocycles. The Morgan fingerprint density at radius 3 is 2.52 bits per heavy atom. The second-order valence-electron chi connectivity index (χ2n) is 7.70. The zero-order valence-electron chi connectivity index (χ0n) is 18.6. The Morgan fingerprint density at radius 2 is 1.76 bits per heavy atom. The Hall–Kier alpha value is -2.95. The number of amides is 1. The minimum Gasteiger partial charge on any atom is -0.490 e. The van der Waals surface area contributed by atoms with E-state index in [1.807, 2.05) is 66.4 Å². The molecule has 6 heteroatoms. The van der Waals surface area contributed by atoms with Crippen LogP contribution in [-0.2, 0) is 11.4 Å². The highest BCUT2D eigenvalue weighted by molar-refractivity contribution is 6.36. The number of hydrogen-bond acceptors (Lipinski definition) is 3. The summed E-state index contributed by atoms with van der Waals surface area (Å²) in [5.74, 6) is 1.24. The average Bonchev–Trinajstić information content (AvgIpc) is 3.06. The summed E-state index contributed by atoms with van der Waals surface area (Å²) in [6.45, 7) is 5.46. The quantitative estimate of drug-likeness (QED) is 0.317. The first kappa shape index (κ1) is 23.2. The van der Waals surface area contributed by atoms with Gasteiger partial charge in [-0.1, -0.05) is 60.5 Å². The van der Waals surface area contributed by atoms with Gasteiger partial charge in [-0.2, -0.15) is 0 Å². The maximum atomic E-state index is 13.1. The van der Waals surface area contributed by atoms with E-state index in [0.717, 1.165) is 28.8 Å². The van der Waals surface area contributed by atoms with Crippen LogP contribution in [0, 0.1) is 0 Å². The van der Waals surface area contributed by atoms with E-state index < -0.39 is 0 Å². The molecule has 33 heavy (non-hydrogen) atoms. The summed E-state index contributed by atoms with van der Waals surface area (Å²) in [6.07, 6.45) is 2.81. The summed E-state index contributed by atoms with van der Waals surface area (Å²) in [7, 11) is 0. The summed E-state index contributed by atoms with van der Waals surface area (Å²) in [5.41, 5.74) is 4.29. The Kier molecular flexibility index (Phi) is 7.26. The fourth-order valence-electron chi connectivity index (χ4n) is 3.85. The normalized spacial score (nSPS) is 14.0. The topological polar surface area (TPSA) is 38.8 Å². The Balaban J connectivity index is 1.62. The lowest BCUT2D eigenvalue weighted by Crippen LogP contribution is -2.26. The van der Waals surface area contributed by atoms with E-state index in [9.17, 15) is 4.79 Å². The van der Waals surface area contributed by atoms with Crippen LogP contribution < -0.4 is 14.4 Å². The third-order valence-corrected chi connectivity index (χ3v) is 5.97. The lowest BCUT2D eigenvalue weighted by Gasteiger charge is -2.15. The molecule has 0 aromatic heterocycles. The molecule has 0 aliphatic carbocycles. The smallest absolute Gasteiger partial charge is 0.258 e. The van der Waals surface area contributed by atoms with E-state index >= 15 is 0 Å². The number of para-hydroxylation sites is 1. The molecule has 1 aliphatic rings. The molecule has 0 N–H and O–H groups in total. The number of ether oxygens (including phenoxy) is 2. The van der Waals surface area contributed by atoms with Gasteiger partial charge in [0.25, 0.3) is 5.91 Å². The fraction of sp³-hybridized carbons (Fsp3) is 0.222. The molecular formula is C27H25Cl2NO3. The van der Waals surface area contributed by atoms with Crippen molar-refractivity contribution in [1.82, 2.24) is 0 Å². The standard InChI is InChI=1S/C27H25Cl2NO3/c1-3-13-30-24-8-6-5-7-21(24)22(27(30)31)14-18-9-12-25(26(15-18)32-4-2)33-17-19-10-11-20(28)16-23(19)29/h5-12,14-16H,3-4,13,17H2,1-2H3/b22-14-. The number of benzene rings is 3. The molecule has 0 atom stereocenters. The third-order valence-electron chi connectivity index (χ3n) is 5.38. The second-order valence-corrected chi connectivity index (χ2v) is 8.54. The molecule has 0 radical (unpaired) electrons. The first-order valence-corrected chi connectivity index (χ1v) is 11.7. The minimum absolute atomic E-state index is 0.0220.